The lowest BCUT2D eigenvalue weighted by Gasteiger charge is -2.05. The second kappa shape index (κ2) is 6.53. The minimum absolute atomic E-state index is 0.0168. The molecule has 3 aromatic rings. The van der Waals surface area contributed by atoms with Gasteiger partial charge in [0.25, 0.3) is 0 Å². The molecule has 2 aromatic heterocycles. The summed E-state index contributed by atoms with van der Waals surface area (Å²) in [6.45, 7) is 0.0168. The zero-order chi connectivity index (χ0) is 17.1. The predicted molar refractivity (Wildman–Crippen MR) is 86.0 cm³/mol. The fourth-order valence-electron chi connectivity index (χ4n) is 2.25. The minimum Gasteiger partial charge on any atom is -0.497 e. The van der Waals surface area contributed by atoms with Gasteiger partial charge in [0.2, 0.25) is 5.91 Å². The zero-order valence-electron chi connectivity index (χ0n) is 13.2. The highest BCUT2D eigenvalue weighted by molar-refractivity contribution is 5.89. The Hall–Kier alpha value is -3.16. The molecule has 0 bridgehead atoms. The van der Waals surface area contributed by atoms with Crippen molar-refractivity contribution in [3.63, 3.8) is 0 Å². The molecule has 0 saturated carbocycles. The summed E-state index contributed by atoms with van der Waals surface area (Å²) in [4.78, 5) is 12.0. The molecule has 24 heavy (non-hydrogen) atoms. The van der Waals surface area contributed by atoms with Crippen molar-refractivity contribution in [3.05, 3.63) is 48.5 Å². The Morgan fingerprint density at radius 1 is 1.33 bits per heavy atom. The van der Waals surface area contributed by atoms with E-state index in [2.05, 4.69) is 15.5 Å². The van der Waals surface area contributed by atoms with Gasteiger partial charge in [-0.25, -0.2) is 4.39 Å². The number of aryl methyl sites for hydroxylation is 1. The van der Waals surface area contributed by atoms with E-state index in [-0.39, 0.29) is 12.5 Å². The van der Waals surface area contributed by atoms with Crippen LogP contribution in [0.1, 0.15) is 0 Å². The Morgan fingerprint density at radius 2 is 2.17 bits per heavy atom. The number of hydrogen-bond donors (Lipinski definition) is 1. The number of nitrogens with one attached hydrogen (secondary N) is 1. The van der Waals surface area contributed by atoms with Crippen LogP contribution in [0.4, 0.5) is 10.2 Å². The molecule has 0 spiro atoms. The maximum absolute atomic E-state index is 14.1. The number of methoxy groups -OCH3 is 1. The summed E-state index contributed by atoms with van der Waals surface area (Å²) in [6, 6.07) is 7.90. The van der Waals surface area contributed by atoms with Gasteiger partial charge in [0.1, 0.15) is 23.9 Å². The number of aromatic nitrogens is 4. The quantitative estimate of drug-likeness (QED) is 0.778. The molecule has 7 nitrogen and oxygen atoms in total. The van der Waals surface area contributed by atoms with Crippen LogP contribution in [0.25, 0.3) is 11.3 Å². The van der Waals surface area contributed by atoms with Crippen LogP contribution >= 0.6 is 0 Å². The third kappa shape index (κ3) is 3.27. The molecule has 0 aliphatic rings. The van der Waals surface area contributed by atoms with Crippen molar-refractivity contribution in [3.8, 4) is 17.0 Å². The molecule has 124 valence electrons. The summed E-state index contributed by atoms with van der Waals surface area (Å²) in [5.74, 6) is 0.349. The molecule has 0 unspecified atom stereocenters. The standard InChI is InChI=1S/C16H16FN5O2/c1-21-15(5-7-18-21)19-16(23)10-22-8-6-14(20-22)12-4-3-11(24-2)9-13(12)17/h3-9H,10H2,1-2H3,(H,19,23). The van der Waals surface area contributed by atoms with Crippen LogP contribution < -0.4 is 10.1 Å². The van der Waals surface area contributed by atoms with E-state index in [0.717, 1.165) is 0 Å². The molecule has 1 aromatic carbocycles. The first kappa shape index (κ1) is 15.7. The number of carbonyl (C=O) groups excluding carboxylic acids is 1. The highest BCUT2D eigenvalue weighted by Crippen LogP contribution is 2.24. The van der Waals surface area contributed by atoms with Gasteiger partial charge in [-0.2, -0.15) is 10.2 Å². The first-order valence-corrected chi connectivity index (χ1v) is 7.22. The number of ether oxygens (including phenoxy) is 1. The molecule has 0 aliphatic carbocycles. The second-order valence-electron chi connectivity index (χ2n) is 5.13. The summed E-state index contributed by atoms with van der Waals surface area (Å²) < 4.78 is 22.1. The number of carbonyl (C=O) groups is 1. The van der Waals surface area contributed by atoms with E-state index in [1.54, 1.807) is 48.4 Å². The van der Waals surface area contributed by atoms with E-state index in [9.17, 15) is 9.18 Å². The van der Waals surface area contributed by atoms with Gasteiger partial charge in [0.05, 0.1) is 19.0 Å². The fraction of sp³-hybridized carbons (Fsp3) is 0.188. The molecule has 2 heterocycles. The summed E-state index contributed by atoms with van der Waals surface area (Å²) in [5, 5.41) is 10.9. The lowest BCUT2D eigenvalue weighted by molar-refractivity contribution is -0.116. The Balaban J connectivity index is 1.71. The molecule has 0 atom stereocenters. The summed E-state index contributed by atoms with van der Waals surface area (Å²) in [6.07, 6.45) is 3.22. The van der Waals surface area contributed by atoms with E-state index in [0.29, 0.717) is 22.8 Å². The van der Waals surface area contributed by atoms with E-state index >= 15 is 0 Å². The number of benzene rings is 1. The molecule has 8 heteroatoms. The van der Waals surface area contributed by atoms with Gasteiger partial charge in [0.15, 0.2) is 0 Å². The van der Waals surface area contributed by atoms with Crippen LogP contribution in [0.2, 0.25) is 0 Å². The van der Waals surface area contributed by atoms with Gasteiger partial charge < -0.3 is 10.1 Å². The first-order chi connectivity index (χ1) is 11.6. The number of anilines is 1. The molecule has 0 fully saturated rings. The van der Waals surface area contributed by atoms with Crippen LogP contribution in [-0.4, -0.2) is 32.6 Å². The Labute approximate surface area is 137 Å². The van der Waals surface area contributed by atoms with Crippen molar-refractivity contribution < 1.29 is 13.9 Å². The summed E-state index contributed by atoms with van der Waals surface area (Å²) >= 11 is 0. The summed E-state index contributed by atoms with van der Waals surface area (Å²) in [7, 11) is 3.21. The molecule has 0 saturated heterocycles. The lowest BCUT2D eigenvalue weighted by atomic mass is 10.1. The van der Waals surface area contributed by atoms with E-state index in [4.69, 9.17) is 4.74 Å². The van der Waals surface area contributed by atoms with Crippen LogP contribution in [0.3, 0.4) is 0 Å². The van der Waals surface area contributed by atoms with Gasteiger partial charge in [-0.15, -0.1) is 0 Å². The van der Waals surface area contributed by atoms with Crippen LogP contribution in [-0.2, 0) is 18.4 Å². The Morgan fingerprint density at radius 3 is 2.83 bits per heavy atom. The highest BCUT2D eigenvalue weighted by Gasteiger charge is 2.11. The van der Waals surface area contributed by atoms with E-state index in [1.807, 2.05) is 0 Å². The van der Waals surface area contributed by atoms with Crippen molar-refractivity contribution >= 4 is 11.7 Å². The van der Waals surface area contributed by atoms with Crippen molar-refractivity contribution in [2.45, 2.75) is 6.54 Å². The predicted octanol–water partition coefficient (Wildman–Crippen LogP) is 2.07. The monoisotopic (exact) mass is 329 g/mol. The Kier molecular flexibility index (Phi) is 4.28. The average molecular weight is 329 g/mol. The topological polar surface area (TPSA) is 74.0 Å². The molecule has 1 amide bonds. The number of nitrogens with zero attached hydrogens (tertiary/aromatic N) is 4. The normalized spacial score (nSPS) is 10.6. The minimum atomic E-state index is -0.432. The van der Waals surface area contributed by atoms with Crippen LogP contribution in [0.5, 0.6) is 5.75 Å². The van der Waals surface area contributed by atoms with Crippen molar-refractivity contribution in [2.75, 3.05) is 12.4 Å². The SMILES string of the molecule is COc1ccc(-c2ccn(CC(=O)Nc3ccnn3C)n2)c(F)c1. The molecule has 1 N–H and O–H groups in total. The van der Waals surface area contributed by atoms with Crippen molar-refractivity contribution in [1.29, 1.82) is 0 Å². The first-order valence-electron chi connectivity index (χ1n) is 7.22. The number of hydrogen-bond acceptors (Lipinski definition) is 4. The maximum Gasteiger partial charge on any atom is 0.247 e. The largest absolute Gasteiger partial charge is 0.497 e. The van der Waals surface area contributed by atoms with E-state index < -0.39 is 5.82 Å². The van der Waals surface area contributed by atoms with Gasteiger partial charge >= 0.3 is 0 Å². The highest BCUT2D eigenvalue weighted by atomic mass is 19.1. The van der Waals surface area contributed by atoms with Crippen molar-refractivity contribution in [1.82, 2.24) is 19.6 Å². The number of halogens is 1. The lowest BCUT2D eigenvalue weighted by Crippen LogP contribution is -2.20. The van der Waals surface area contributed by atoms with Gasteiger partial charge in [-0.1, -0.05) is 0 Å². The van der Waals surface area contributed by atoms with Gasteiger partial charge in [-0.05, 0) is 18.2 Å². The second-order valence-corrected chi connectivity index (χ2v) is 5.13. The maximum atomic E-state index is 14.1. The molecule has 0 radical (unpaired) electrons. The Bertz CT molecular complexity index is 871. The summed E-state index contributed by atoms with van der Waals surface area (Å²) in [5.41, 5.74) is 0.796. The third-order valence-electron chi connectivity index (χ3n) is 3.49. The van der Waals surface area contributed by atoms with E-state index in [1.165, 1.54) is 17.9 Å². The number of amides is 1. The van der Waals surface area contributed by atoms with Gasteiger partial charge in [0, 0.05) is 30.9 Å². The fourth-order valence-corrected chi connectivity index (χ4v) is 2.25. The molecule has 0 aliphatic heterocycles. The molecular formula is C16H16FN5O2. The smallest absolute Gasteiger partial charge is 0.247 e. The third-order valence-corrected chi connectivity index (χ3v) is 3.49. The molecular weight excluding hydrogens is 313 g/mol. The van der Waals surface area contributed by atoms with Crippen molar-refractivity contribution in [2.24, 2.45) is 7.05 Å². The van der Waals surface area contributed by atoms with Crippen LogP contribution in [0.15, 0.2) is 42.7 Å². The average Bonchev–Trinajstić information content (AvgIpc) is 3.17. The van der Waals surface area contributed by atoms with Crippen LogP contribution in [0, 0.1) is 5.82 Å². The zero-order valence-corrected chi connectivity index (χ0v) is 13.2. The molecule has 3 rings (SSSR count). The number of rotatable bonds is 5. The van der Waals surface area contributed by atoms with Gasteiger partial charge in [-0.3, -0.25) is 14.2 Å².